The number of amides is 1. The molecule has 7 heteroatoms. The van der Waals surface area contributed by atoms with E-state index in [2.05, 4.69) is 11.4 Å². The summed E-state index contributed by atoms with van der Waals surface area (Å²) in [5, 5.41) is 11.9. The van der Waals surface area contributed by atoms with Crippen molar-refractivity contribution in [2.24, 2.45) is 5.92 Å². The van der Waals surface area contributed by atoms with Crippen LogP contribution < -0.4 is 10.2 Å². The van der Waals surface area contributed by atoms with Crippen LogP contribution in [0.4, 0.5) is 10.1 Å². The molecule has 0 radical (unpaired) electrons. The van der Waals surface area contributed by atoms with Crippen LogP contribution in [0, 0.1) is 30.0 Å². The van der Waals surface area contributed by atoms with E-state index in [0.29, 0.717) is 59.7 Å². The molecule has 0 aromatic heterocycles. The highest BCUT2D eigenvalue weighted by atomic mass is 32.1. The minimum atomic E-state index is -0.415. The van der Waals surface area contributed by atoms with Gasteiger partial charge >= 0.3 is 0 Å². The fourth-order valence-corrected chi connectivity index (χ4v) is 4.98. The lowest BCUT2D eigenvalue weighted by Gasteiger charge is -2.33. The highest BCUT2D eigenvalue weighted by molar-refractivity contribution is 7.80. The molecule has 32 heavy (non-hydrogen) atoms. The summed E-state index contributed by atoms with van der Waals surface area (Å²) < 4.78 is 14.9. The molecular weight excluding hydrogens is 425 g/mol. The Bertz CT molecular complexity index is 1170. The fraction of sp³-hybridized carbons (Fsp3) is 0.360. The monoisotopic (exact) mass is 449 g/mol. The number of nitrogens with zero attached hydrogens (tertiary/aromatic N) is 2. The smallest absolute Gasteiger partial charge is 0.251 e. The number of aryl methyl sites for hydroxylation is 1. The number of nitriles is 1. The first kappa shape index (κ1) is 22.1. The van der Waals surface area contributed by atoms with Crippen LogP contribution in [0.1, 0.15) is 64.7 Å². The highest BCUT2D eigenvalue weighted by Crippen LogP contribution is 2.35. The van der Waals surface area contributed by atoms with Gasteiger partial charge in [-0.25, -0.2) is 4.39 Å². The number of hydrogen-bond donors (Lipinski definition) is 1. The molecule has 2 aliphatic rings. The maximum absolute atomic E-state index is 14.9. The van der Waals surface area contributed by atoms with Crippen LogP contribution in [-0.4, -0.2) is 23.2 Å². The molecular formula is C25H24FN3O2S. The molecule has 1 amide bonds. The number of fused-ring (bicyclic) bond motifs is 1. The van der Waals surface area contributed by atoms with E-state index in [9.17, 15) is 19.2 Å². The molecule has 2 aromatic carbocycles. The number of thiocarbonyl (C=S) groups is 1. The van der Waals surface area contributed by atoms with Crippen LogP contribution in [0.25, 0.3) is 0 Å². The molecule has 1 N–H and O–H groups in total. The predicted molar refractivity (Wildman–Crippen MR) is 124 cm³/mol. The zero-order chi connectivity index (χ0) is 23.0. The number of rotatable bonds is 3. The van der Waals surface area contributed by atoms with Crippen molar-refractivity contribution in [3.8, 4) is 6.07 Å². The first-order valence-corrected chi connectivity index (χ1v) is 11.1. The van der Waals surface area contributed by atoms with Crippen LogP contribution >= 0.6 is 12.2 Å². The van der Waals surface area contributed by atoms with Gasteiger partial charge in [0.05, 0.1) is 22.3 Å². The maximum atomic E-state index is 14.9. The van der Waals surface area contributed by atoms with Gasteiger partial charge in [-0.15, -0.1) is 0 Å². The Kier molecular flexibility index (Phi) is 6.07. The van der Waals surface area contributed by atoms with Gasteiger partial charge in [-0.3, -0.25) is 9.59 Å². The van der Waals surface area contributed by atoms with Crippen LogP contribution in [0.5, 0.6) is 0 Å². The average Bonchev–Trinajstić information content (AvgIpc) is 3.12. The van der Waals surface area contributed by atoms with Crippen LogP contribution in [0.3, 0.4) is 0 Å². The molecule has 2 aromatic rings. The third-order valence-electron chi connectivity index (χ3n) is 6.56. The molecule has 2 aliphatic heterocycles. The number of Topliss-reactive ketones (excluding diaryl/α,β-unsaturated/α-hetero) is 1. The lowest BCUT2D eigenvalue weighted by molar-refractivity contribution is -0.123. The maximum Gasteiger partial charge on any atom is 0.251 e. The van der Waals surface area contributed by atoms with E-state index in [1.165, 1.54) is 6.07 Å². The summed E-state index contributed by atoms with van der Waals surface area (Å²) in [6.07, 6.45) is 1.27. The molecule has 2 atom stereocenters. The number of hydrogen-bond acceptors (Lipinski definition) is 4. The number of carbonyl (C=O) groups is 2. The van der Waals surface area contributed by atoms with E-state index >= 15 is 0 Å². The summed E-state index contributed by atoms with van der Waals surface area (Å²) in [7, 11) is 0. The number of ketones is 1. The number of benzene rings is 2. The van der Waals surface area contributed by atoms with Crippen molar-refractivity contribution in [1.82, 2.24) is 5.32 Å². The van der Waals surface area contributed by atoms with Crippen molar-refractivity contribution in [1.29, 1.82) is 5.26 Å². The van der Waals surface area contributed by atoms with Gasteiger partial charge in [0.1, 0.15) is 11.6 Å². The molecule has 1 fully saturated rings. The minimum absolute atomic E-state index is 0.0949. The molecule has 0 aliphatic carbocycles. The van der Waals surface area contributed by atoms with E-state index in [1.54, 1.807) is 17.0 Å². The lowest BCUT2D eigenvalue weighted by Crippen LogP contribution is -2.38. The Morgan fingerprint density at radius 1 is 1.28 bits per heavy atom. The van der Waals surface area contributed by atoms with Gasteiger partial charge < -0.3 is 10.2 Å². The topological polar surface area (TPSA) is 73.2 Å². The Morgan fingerprint density at radius 2 is 2.06 bits per heavy atom. The van der Waals surface area contributed by atoms with Gasteiger partial charge in [0.25, 0.3) is 5.91 Å². The number of halogens is 1. The van der Waals surface area contributed by atoms with Gasteiger partial charge in [-0.05, 0) is 54.2 Å². The van der Waals surface area contributed by atoms with Crippen molar-refractivity contribution >= 4 is 34.6 Å². The third kappa shape index (κ3) is 4.03. The highest BCUT2D eigenvalue weighted by Gasteiger charge is 2.32. The SMILES string of the molecule is Cc1cc(C(C)C2CC(=S)N(c3cc4c(cc3F)CNC4=O)CCCC2=O)ccc1C#N. The Labute approximate surface area is 192 Å². The van der Waals surface area contributed by atoms with E-state index in [1.807, 2.05) is 26.0 Å². The number of nitrogens with one attached hydrogen (secondary N) is 1. The zero-order valence-electron chi connectivity index (χ0n) is 18.1. The molecule has 0 saturated carbocycles. The zero-order valence-corrected chi connectivity index (χ0v) is 18.9. The van der Waals surface area contributed by atoms with Crippen molar-refractivity contribution in [3.05, 3.63) is 64.0 Å². The van der Waals surface area contributed by atoms with Crippen molar-refractivity contribution in [2.45, 2.75) is 45.6 Å². The van der Waals surface area contributed by atoms with E-state index < -0.39 is 5.82 Å². The largest absolute Gasteiger partial charge is 0.348 e. The molecule has 2 unspecified atom stereocenters. The van der Waals surface area contributed by atoms with E-state index in [-0.39, 0.29) is 23.5 Å². The molecule has 5 nitrogen and oxygen atoms in total. The first-order chi connectivity index (χ1) is 15.3. The molecule has 0 bridgehead atoms. The first-order valence-electron chi connectivity index (χ1n) is 10.7. The second-order valence-electron chi connectivity index (χ2n) is 8.54. The minimum Gasteiger partial charge on any atom is -0.348 e. The predicted octanol–water partition coefficient (Wildman–Crippen LogP) is 4.56. The second-order valence-corrected chi connectivity index (χ2v) is 9.02. The molecule has 2 heterocycles. The van der Waals surface area contributed by atoms with Crippen LogP contribution in [0.15, 0.2) is 30.3 Å². The number of carbonyl (C=O) groups excluding carboxylic acids is 2. The molecule has 0 spiro atoms. The van der Waals surface area contributed by atoms with Gasteiger partial charge in [-0.1, -0.05) is 31.3 Å². The quantitative estimate of drug-likeness (QED) is 0.696. The normalized spacial score (nSPS) is 19.6. The summed E-state index contributed by atoms with van der Waals surface area (Å²) >= 11 is 5.70. The molecule has 164 valence electrons. The lowest BCUT2D eigenvalue weighted by atomic mass is 9.79. The summed E-state index contributed by atoms with van der Waals surface area (Å²) in [6.45, 7) is 4.64. The standard InChI is InChI=1S/C25H24FN3O2S/c1-14-8-16(5-6-17(14)12-27)15(2)19-11-24(32)29(7-3-4-23(19)30)22-10-20-18(9-21(22)26)13-28-25(20)31/h5-6,8-10,15,19H,3-4,7,11,13H2,1-2H3,(H,28,31). The molecule has 4 rings (SSSR count). The summed E-state index contributed by atoms with van der Waals surface area (Å²) in [5.74, 6) is -0.907. The second kappa shape index (κ2) is 8.79. The average molecular weight is 450 g/mol. The van der Waals surface area contributed by atoms with Crippen molar-refractivity contribution in [2.75, 3.05) is 11.4 Å². The Balaban J connectivity index is 1.63. The summed E-state index contributed by atoms with van der Waals surface area (Å²) in [4.78, 5) is 27.3. The molecule has 1 saturated heterocycles. The van der Waals surface area contributed by atoms with Crippen molar-refractivity contribution < 1.29 is 14.0 Å². The van der Waals surface area contributed by atoms with Crippen molar-refractivity contribution in [3.63, 3.8) is 0 Å². The third-order valence-corrected chi connectivity index (χ3v) is 6.95. The van der Waals surface area contributed by atoms with Gasteiger partial charge in [0.15, 0.2) is 0 Å². The van der Waals surface area contributed by atoms with E-state index in [4.69, 9.17) is 12.2 Å². The van der Waals surface area contributed by atoms with E-state index in [0.717, 1.165) is 11.1 Å². The Hall–Kier alpha value is -3.11. The van der Waals surface area contributed by atoms with Crippen LogP contribution in [0.2, 0.25) is 0 Å². The van der Waals surface area contributed by atoms with Gasteiger partial charge in [0.2, 0.25) is 0 Å². The fourth-order valence-electron chi connectivity index (χ4n) is 4.61. The van der Waals surface area contributed by atoms with Gasteiger partial charge in [-0.2, -0.15) is 5.26 Å². The number of anilines is 1. The Morgan fingerprint density at radius 3 is 2.78 bits per heavy atom. The summed E-state index contributed by atoms with van der Waals surface area (Å²) in [5.41, 5.74) is 3.88. The summed E-state index contributed by atoms with van der Waals surface area (Å²) in [6, 6.07) is 10.8. The van der Waals surface area contributed by atoms with Crippen LogP contribution in [-0.2, 0) is 11.3 Å². The van der Waals surface area contributed by atoms with Gasteiger partial charge in [0, 0.05) is 37.4 Å².